The first-order chi connectivity index (χ1) is 16.7. The number of aldehydes is 1. The minimum atomic E-state index is -0.925. The molecule has 0 spiro atoms. The number of benzene rings is 4. The number of hydrogen-bond acceptors (Lipinski definition) is 4. The molecule has 0 fully saturated rings. The van der Waals surface area contributed by atoms with Crippen molar-refractivity contribution < 1.29 is 19.1 Å². The van der Waals surface area contributed by atoms with E-state index in [0.717, 1.165) is 17.4 Å². The number of carbonyl (C=O) groups excluding carboxylic acids is 2. The second-order valence-corrected chi connectivity index (χ2v) is 7.71. The molecule has 0 aliphatic carbocycles. The Balaban J connectivity index is 1.58. The molecule has 4 aromatic carbocycles. The summed E-state index contributed by atoms with van der Waals surface area (Å²) in [7, 11) is 0. The molecule has 34 heavy (non-hydrogen) atoms. The summed E-state index contributed by atoms with van der Waals surface area (Å²) in [4.78, 5) is 24.6. The van der Waals surface area contributed by atoms with Crippen molar-refractivity contribution in [3.8, 4) is 11.5 Å². The summed E-state index contributed by atoms with van der Waals surface area (Å²) < 4.78 is 12.2. The Kier molecular flexibility index (Phi) is 7.70. The lowest BCUT2D eigenvalue weighted by atomic mass is 10.1. The van der Waals surface area contributed by atoms with Gasteiger partial charge in [-0.05, 0) is 29.3 Å². The molecule has 1 amide bonds. The zero-order valence-electron chi connectivity index (χ0n) is 18.6. The molecule has 0 saturated carbocycles. The number of carbonyl (C=O) groups is 2. The van der Waals surface area contributed by atoms with E-state index in [1.54, 1.807) is 18.2 Å². The molecule has 4 aromatic rings. The van der Waals surface area contributed by atoms with Gasteiger partial charge < -0.3 is 14.8 Å². The highest BCUT2D eigenvalue weighted by Crippen LogP contribution is 2.33. The van der Waals surface area contributed by atoms with Gasteiger partial charge in [-0.15, -0.1) is 0 Å². The molecule has 0 aliphatic heterocycles. The first kappa shape index (κ1) is 22.8. The maximum Gasteiger partial charge on any atom is 0.266 e. The third-order valence-corrected chi connectivity index (χ3v) is 5.24. The van der Waals surface area contributed by atoms with E-state index in [0.29, 0.717) is 35.8 Å². The van der Waals surface area contributed by atoms with Crippen molar-refractivity contribution >= 4 is 12.2 Å². The second kappa shape index (κ2) is 11.5. The number of amides is 1. The molecule has 1 N–H and O–H groups in total. The van der Waals surface area contributed by atoms with Crippen LogP contribution in [-0.2, 0) is 17.9 Å². The van der Waals surface area contributed by atoms with Gasteiger partial charge in [-0.25, -0.2) is 0 Å². The third-order valence-electron chi connectivity index (χ3n) is 5.24. The number of hydrogen-bond donors (Lipinski definition) is 1. The fourth-order valence-electron chi connectivity index (χ4n) is 3.45. The summed E-state index contributed by atoms with van der Waals surface area (Å²) >= 11 is 0. The van der Waals surface area contributed by atoms with Crippen molar-refractivity contribution in [2.45, 2.75) is 19.3 Å². The van der Waals surface area contributed by atoms with Crippen LogP contribution < -0.4 is 14.8 Å². The summed E-state index contributed by atoms with van der Waals surface area (Å²) in [6.07, 6.45) is -0.188. The van der Waals surface area contributed by atoms with Gasteiger partial charge in [0.05, 0.1) is 0 Å². The number of ether oxygens (including phenoxy) is 2. The van der Waals surface area contributed by atoms with Gasteiger partial charge in [0.25, 0.3) is 5.91 Å². The highest BCUT2D eigenvalue weighted by Gasteiger charge is 2.24. The SMILES string of the molecule is O=Cc1ccc(OCc2ccccc2)c(OC(C(=O)NCc2ccccc2)c2ccccc2)c1. The summed E-state index contributed by atoms with van der Waals surface area (Å²) in [5.41, 5.74) is 3.10. The zero-order valence-corrected chi connectivity index (χ0v) is 18.6. The molecule has 1 unspecified atom stereocenters. The van der Waals surface area contributed by atoms with Gasteiger partial charge >= 0.3 is 0 Å². The highest BCUT2D eigenvalue weighted by molar-refractivity contribution is 5.83. The lowest BCUT2D eigenvalue weighted by Crippen LogP contribution is -2.32. The molecular weight excluding hydrogens is 426 g/mol. The van der Waals surface area contributed by atoms with Crippen molar-refractivity contribution in [1.29, 1.82) is 0 Å². The van der Waals surface area contributed by atoms with Crippen molar-refractivity contribution in [2.75, 3.05) is 0 Å². The Morgan fingerprint density at radius 3 is 2.03 bits per heavy atom. The van der Waals surface area contributed by atoms with Gasteiger partial charge in [0.2, 0.25) is 6.10 Å². The summed E-state index contributed by atoms with van der Waals surface area (Å²) in [5.74, 6) is 0.482. The molecule has 0 aliphatic rings. The Labute approximate surface area is 199 Å². The minimum Gasteiger partial charge on any atom is -0.485 e. The Morgan fingerprint density at radius 1 is 0.765 bits per heavy atom. The molecule has 0 heterocycles. The van der Waals surface area contributed by atoms with Gasteiger partial charge in [-0.1, -0.05) is 91.0 Å². The second-order valence-electron chi connectivity index (χ2n) is 7.71. The molecule has 5 nitrogen and oxygen atoms in total. The third kappa shape index (κ3) is 6.11. The topological polar surface area (TPSA) is 64.6 Å². The largest absolute Gasteiger partial charge is 0.485 e. The van der Waals surface area contributed by atoms with Crippen LogP contribution in [0.4, 0.5) is 0 Å². The average Bonchev–Trinajstić information content (AvgIpc) is 2.91. The molecule has 0 bridgehead atoms. The van der Waals surface area contributed by atoms with Crippen molar-refractivity contribution in [2.24, 2.45) is 0 Å². The molecule has 0 aromatic heterocycles. The molecule has 5 heteroatoms. The predicted octanol–water partition coefficient (Wildman–Crippen LogP) is 5.51. The van der Waals surface area contributed by atoms with Crippen molar-refractivity contribution in [1.82, 2.24) is 5.32 Å². The number of nitrogens with one attached hydrogen (secondary N) is 1. The van der Waals surface area contributed by atoms with E-state index >= 15 is 0 Å². The molecule has 0 saturated heterocycles. The monoisotopic (exact) mass is 451 g/mol. The van der Waals surface area contributed by atoms with Gasteiger partial charge in [-0.3, -0.25) is 9.59 Å². The minimum absolute atomic E-state index is 0.291. The molecule has 0 radical (unpaired) electrons. The van der Waals surface area contributed by atoms with Crippen LogP contribution >= 0.6 is 0 Å². The Morgan fingerprint density at radius 2 is 1.38 bits per heavy atom. The summed E-state index contributed by atoms with van der Waals surface area (Å²) in [6, 6.07) is 33.6. The van der Waals surface area contributed by atoms with Crippen LogP contribution in [0.1, 0.15) is 33.2 Å². The maximum atomic E-state index is 13.2. The van der Waals surface area contributed by atoms with Gasteiger partial charge in [-0.2, -0.15) is 0 Å². The zero-order chi connectivity index (χ0) is 23.6. The van der Waals surface area contributed by atoms with Gasteiger partial charge in [0.15, 0.2) is 11.5 Å². The smallest absolute Gasteiger partial charge is 0.266 e. The van der Waals surface area contributed by atoms with E-state index in [1.165, 1.54) is 0 Å². The molecule has 1 atom stereocenters. The predicted molar refractivity (Wildman–Crippen MR) is 131 cm³/mol. The van der Waals surface area contributed by atoms with Gasteiger partial charge in [0.1, 0.15) is 12.9 Å². The van der Waals surface area contributed by atoms with Crippen LogP contribution in [-0.4, -0.2) is 12.2 Å². The van der Waals surface area contributed by atoms with E-state index < -0.39 is 6.10 Å². The van der Waals surface area contributed by atoms with Crippen molar-refractivity contribution in [3.05, 3.63) is 131 Å². The first-order valence-electron chi connectivity index (χ1n) is 11.0. The van der Waals surface area contributed by atoms with Crippen LogP contribution in [0.5, 0.6) is 11.5 Å². The van der Waals surface area contributed by atoms with Gasteiger partial charge in [0, 0.05) is 17.7 Å². The maximum absolute atomic E-state index is 13.2. The normalized spacial score (nSPS) is 11.3. The fourth-order valence-corrected chi connectivity index (χ4v) is 3.45. The van der Waals surface area contributed by atoms with E-state index in [1.807, 2.05) is 91.0 Å². The number of rotatable bonds is 10. The van der Waals surface area contributed by atoms with E-state index in [-0.39, 0.29) is 5.91 Å². The summed E-state index contributed by atoms with van der Waals surface area (Å²) in [6.45, 7) is 0.700. The fraction of sp³-hybridized carbons (Fsp3) is 0.103. The summed E-state index contributed by atoms with van der Waals surface area (Å²) in [5, 5.41) is 2.95. The Bertz CT molecular complexity index is 1210. The first-order valence-corrected chi connectivity index (χ1v) is 11.0. The molecule has 170 valence electrons. The van der Waals surface area contributed by atoms with Crippen LogP contribution in [0.15, 0.2) is 109 Å². The standard InChI is InChI=1S/C29H25NO4/c31-20-24-16-17-26(33-21-23-12-6-2-7-13-23)27(18-24)34-28(25-14-8-3-9-15-25)29(32)30-19-22-10-4-1-5-11-22/h1-18,20,28H,19,21H2,(H,30,32). The van der Waals surface area contributed by atoms with E-state index in [4.69, 9.17) is 9.47 Å². The van der Waals surface area contributed by atoms with Crippen LogP contribution in [0.2, 0.25) is 0 Å². The van der Waals surface area contributed by atoms with Crippen LogP contribution in [0.3, 0.4) is 0 Å². The lowest BCUT2D eigenvalue weighted by Gasteiger charge is -2.21. The van der Waals surface area contributed by atoms with E-state index in [9.17, 15) is 9.59 Å². The highest BCUT2D eigenvalue weighted by atomic mass is 16.5. The molecular formula is C29H25NO4. The van der Waals surface area contributed by atoms with E-state index in [2.05, 4.69) is 5.32 Å². The molecule has 4 rings (SSSR count). The van der Waals surface area contributed by atoms with Crippen LogP contribution in [0.25, 0.3) is 0 Å². The Hall–Kier alpha value is -4.38. The lowest BCUT2D eigenvalue weighted by molar-refractivity contribution is -0.128. The average molecular weight is 452 g/mol. The van der Waals surface area contributed by atoms with Crippen LogP contribution in [0, 0.1) is 0 Å². The van der Waals surface area contributed by atoms with Crippen molar-refractivity contribution in [3.63, 3.8) is 0 Å². The quantitative estimate of drug-likeness (QED) is 0.323.